The third-order valence-electron chi connectivity index (χ3n) is 4.65. The maximum absolute atomic E-state index is 13.4. The number of furan rings is 1. The maximum Gasteiger partial charge on any atom is 0.322 e. The van der Waals surface area contributed by atoms with Crippen LogP contribution >= 0.6 is 0 Å². The summed E-state index contributed by atoms with van der Waals surface area (Å²) in [6.45, 7) is -0.357. The van der Waals surface area contributed by atoms with E-state index in [4.69, 9.17) is 9.52 Å². The molecule has 0 spiro atoms. The first-order valence-electron chi connectivity index (χ1n) is 9.71. The summed E-state index contributed by atoms with van der Waals surface area (Å²) in [7, 11) is -3.92. The number of carboxylic acids is 1. The number of anilines is 1. The van der Waals surface area contributed by atoms with Crippen molar-refractivity contribution in [2.45, 2.75) is 18.0 Å². The Kier molecular flexibility index (Phi) is 6.15. The molecular formula is C22H20N4O5S. The number of pyridine rings is 2. The summed E-state index contributed by atoms with van der Waals surface area (Å²) in [6.07, 6.45) is 2.79. The molecule has 2 N–H and O–H groups in total. The largest absolute Gasteiger partial charge is 0.480 e. The van der Waals surface area contributed by atoms with E-state index in [9.17, 15) is 13.2 Å². The molecule has 0 fully saturated rings. The average Bonchev–Trinajstić information content (AvgIpc) is 3.21. The van der Waals surface area contributed by atoms with E-state index in [1.54, 1.807) is 30.3 Å². The first-order valence-corrected chi connectivity index (χ1v) is 11.1. The summed E-state index contributed by atoms with van der Waals surface area (Å²) < 4.78 is 33.8. The lowest BCUT2D eigenvalue weighted by atomic mass is 10.2. The van der Waals surface area contributed by atoms with Gasteiger partial charge in [-0.25, -0.2) is 13.4 Å². The van der Waals surface area contributed by atoms with Gasteiger partial charge in [-0.2, -0.15) is 4.31 Å². The van der Waals surface area contributed by atoms with Crippen molar-refractivity contribution in [3.8, 4) is 0 Å². The van der Waals surface area contributed by atoms with Crippen molar-refractivity contribution in [2.75, 3.05) is 11.9 Å². The van der Waals surface area contributed by atoms with Gasteiger partial charge in [0.15, 0.2) is 0 Å². The summed E-state index contributed by atoms with van der Waals surface area (Å²) in [5.41, 5.74) is 1.11. The highest BCUT2D eigenvalue weighted by Gasteiger charge is 2.27. The predicted molar refractivity (Wildman–Crippen MR) is 117 cm³/mol. The summed E-state index contributed by atoms with van der Waals surface area (Å²) in [4.78, 5) is 19.1. The smallest absolute Gasteiger partial charge is 0.322 e. The average molecular weight is 452 g/mol. The molecule has 3 heterocycles. The van der Waals surface area contributed by atoms with Gasteiger partial charge in [-0.1, -0.05) is 24.3 Å². The number of aromatic nitrogens is 2. The lowest BCUT2D eigenvalue weighted by Gasteiger charge is -2.21. The van der Waals surface area contributed by atoms with Crippen molar-refractivity contribution in [2.24, 2.45) is 0 Å². The second-order valence-corrected chi connectivity index (χ2v) is 8.91. The Morgan fingerprint density at radius 1 is 1.06 bits per heavy atom. The number of nitrogens with one attached hydrogen (secondary N) is 1. The normalized spacial score (nSPS) is 11.7. The van der Waals surface area contributed by atoms with Crippen LogP contribution in [0.1, 0.15) is 11.5 Å². The Labute approximate surface area is 184 Å². The van der Waals surface area contributed by atoms with Gasteiger partial charge in [-0.05, 0) is 36.4 Å². The van der Waals surface area contributed by atoms with Gasteiger partial charge in [-0.3, -0.25) is 9.78 Å². The van der Waals surface area contributed by atoms with Crippen LogP contribution in [0.2, 0.25) is 0 Å². The lowest BCUT2D eigenvalue weighted by Crippen LogP contribution is -2.30. The molecule has 0 radical (unpaired) electrons. The predicted octanol–water partition coefficient (Wildman–Crippen LogP) is 3.11. The highest BCUT2D eigenvalue weighted by molar-refractivity contribution is 7.89. The molecular weight excluding hydrogens is 432 g/mol. The minimum Gasteiger partial charge on any atom is -0.480 e. The molecule has 164 valence electrons. The number of para-hydroxylation sites is 1. The highest BCUT2D eigenvalue weighted by atomic mass is 32.2. The SMILES string of the molecule is O=C(O)CNc1cccc(CN(Cc2cc3ccccc3o2)S(=O)(=O)c2cccnc2)n1. The Morgan fingerprint density at radius 2 is 1.91 bits per heavy atom. The fourth-order valence-corrected chi connectivity index (χ4v) is 4.52. The molecule has 1 aromatic carbocycles. The van der Waals surface area contributed by atoms with E-state index in [-0.39, 0.29) is 24.5 Å². The van der Waals surface area contributed by atoms with Crippen LogP contribution in [-0.4, -0.2) is 40.3 Å². The first kappa shape index (κ1) is 21.5. The minimum atomic E-state index is -3.92. The molecule has 4 rings (SSSR count). The molecule has 0 saturated heterocycles. The van der Waals surface area contributed by atoms with E-state index in [1.165, 1.54) is 22.8 Å². The number of rotatable bonds is 9. The molecule has 0 saturated carbocycles. The summed E-state index contributed by atoms with van der Waals surface area (Å²) in [5, 5.41) is 12.4. The molecule has 0 amide bonds. The van der Waals surface area contributed by atoms with Gasteiger partial charge in [-0.15, -0.1) is 0 Å². The second kappa shape index (κ2) is 9.16. The minimum absolute atomic E-state index is 0.0135. The van der Waals surface area contributed by atoms with Crippen LogP contribution in [0.15, 0.2) is 82.4 Å². The van der Waals surface area contributed by atoms with Gasteiger partial charge in [0, 0.05) is 17.8 Å². The standard InChI is InChI=1S/C22H20N4O5S/c27-22(28)13-24-21-9-3-6-17(25-21)14-26(32(29,30)19-7-4-10-23-12-19)15-18-11-16-5-1-2-8-20(16)31-18/h1-12H,13-15H2,(H,24,25)(H,27,28). The van der Waals surface area contributed by atoms with Crippen molar-refractivity contribution in [1.29, 1.82) is 0 Å². The van der Waals surface area contributed by atoms with Crippen LogP contribution in [-0.2, 0) is 27.9 Å². The number of sulfonamides is 1. The van der Waals surface area contributed by atoms with E-state index >= 15 is 0 Å². The molecule has 0 aliphatic rings. The molecule has 0 bridgehead atoms. The molecule has 0 aliphatic carbocycles. The van der Waals surface area contributed by atoms with Crippen LogP contribution in [0.3, 0.4) is 0 Å². The molecule has 0 aliphatic heterocycles. The number of hydrogen-bond acceptors (Lipinski definition) is 7. The summed E-state index contributed by atoms with van der Waals surface area (Å²) in [5.74, 6) is -0.200. The molecule has 10 heteroatoms. The fourth-order valence-electron chi connectivity index (χ4n) is 3.18. The summed E-state index contributed by atoms with van der Waals surface area (Å²) >= 11 is 0. The maximum atomic E-state index is 13.4. The number of aliphatic carboxylic acids is 1. The third-order valence-corrected chi connectivity index (χ3v) is 6.42. The number of hydrogen-bond donors (Lipinski definition) is 2. The first-order chi connectivity index (χ1) is 15.4. The molecule has 0 atom stereocenters. The number of carbonyl (C=O) groups is 1. The van der Waals surface area contributed by atoms with Crippen molar-refractivity contribution in [1.82, 2.24) is 14.3 Å². The fraction of sp³-hybridized carbons (Fsp3) is 0.136. The molecule has 32 heavy (non-hydrogen) atoms. The molecule has 4 aromatic rings. The zero-order valence-corrected chi connectivity index (χ0v) is 17.7. The van der Waals surface area contributed by atoms with Crippen molar-refractivity contribution < 1.29 is 22.7 Å². The number of fused-ring (bicyclic) bond motifs is 1. The number of benzene rings is 1. The van der Waals surface area contributed by atoms with Crippen LogP contribution in [0, 0.1) is 0 Å². The zero-order chi connectivity index (χ0) is 22.6. The van der Waals surface area contributed by atoms with E-state index < -0.39 is 16.0 Å². The van der Waals surface area contributed by atoms with E-state index in [2.05, 4.69) is 15.3 Å². The Bertz CT molecular complexity index is 1310. The van der Waals surface area contributed by atoms with Crippen LogP contribution in [0.5, 0.6) is 0 Å². The Balaban J connectivity index is 1.66. The lowest BCUT2D eigenvalue weighted by molar-refractivity contribution is -0.134. The second-order valence-electron chi connectivity index (χ2n) is 6.97. The summed E-state index contributed by atoms with van der Waals surface area (Å²) in [6, 6.07) is 17.3. The van der Waals surface area contributed by atoms with Gasteiger partial charge in [0.1, 0.15) is 28.6 Å². The third kappa shape index (κ3) is 4.93. The van der Waals surface area contributed by atoms with E-state index in [0.29, 0.717) is 22.9 Å². The monoisotopic (exact) mass is 452 g/mol. The number of nitrogens with zero attached hydrogens (tertiary/aromatic N) is 3. The zero-order valence-electron chi connectivity index (χ0n) is 16.9. The van der Waals surface area contributed by atoms with Crippen LogP contribution in [0.25, 0.3) is 11.0 Å². The van der Waals surface area contributed by atoms with E-state index in [0.717, 1.165) is 5.39 Å². The van der Waals surface area contributed by atoms with Crippen molar-refractivity contribution in [3.05, 3.63) is 84.5 Å². The van der Waals surface area contributed by atoms with Gasteiger partial charge in [0.05, 0.1) is 18.8 Å². The van der Waals surface area contributed by atoms with Gasteiger partial charge in [0.2, 0.25) is 10.0 Å². The van der Waals surface area contributed by atoms with Crippen molar-refractivity contribution >= 4 is 32.8 Å². The van der Waals surface area contributed by atoms with Crippen molar-refractivity contribution in [3.63, 3.8) is 0 Å². The van der Waals surface area contributed by atoms with Gasteiger partial charge in [0.25, 0.3) is 0 Å². The molecule has 9 nitrogen and oxygen atoms in total. The van der Waals surface area contributed by atoms with Crippen LogP contribution < -0.4 is 5.32 Å². The topological polar surface area (TPSA) is 126 Å². The molecule has 0 unspecified atom stereocenters. The Morgan fingerprint density at radius 3 is 2.66 bits per heavy atom. The van der Waals surface area contributed by atoms with Gasteiger partial charge < -0.3 is 14.8 Å². The van der Waals surface area contributed by atoms with E-state index in [1.807, 2.05) is 24.3 Å². The Hall–Kier alpha value is -3.76. The molecule has 3 aromatic heterocycles. The highest BCUT2D eigenvalue weighted by Crippen LogP contribution is 2.24. The van der Waals surface area contributed by atoms with Gasteiger partial charge >= 0.3 is 5.97 Å². The quantitative estimate of drug-likeness (QED) is 0.397. The number of carboxylic acid groups (broad SMARTS) is 1. The van der Waals surface area contributed by atoms with Crippen LogP contribution in [0.4, 0.5) is 5.82 Å².